The molecule has 0 heterocycles. The monoisotopic (exact) mass is 345 g/mol. The van der Waals surface area contributed by atoms with Crippen molar-refractivity contribution in [1.82, 2.24) is 0 Å². The molecular formula is C11H11Cl4NO3. The second kappa shape index (κ2) is 7.41. The molecule has 0 fully saturated rings. The smallest absolute Gasteiger partial charge is 0.276 e. The van der Waals surface area contributed by atoms with Crippen molar-refractivity contribution in [1.29, 1.82) is 0 Å². The largest absolute Gasteiger partial charge is 0.490 e. The van der Waals surface area contributed by atoms with Crippen molar-refractivity contribution in [3.63, 3.8) is 0 Å². The molecule has 1 N–H and O–H groups in total. The van der Waals surface area contributed by atoms with E-state index in [1.807, 2.05) is 0 Å². The van der Waals surface area contributed by atoms with E-state index in [1.165, 1.54) is 6.07 Å². The molecule has 0 spiro atoms. The molecule has 0 saturated heterocycles. The van der Waals surface area contributed by atoms with Gasteiger partial charge in [-0.15, -0.1) is 0 Å². The molecule has 0 atom stereocenters. The summed E-state index contributed by atoms with van der Waals surface area (Å²) in [6, 6.07) is 4.69. The topological polar surface area (TPSA) is 47.6 Å². The summed E-state index contributed by atoms with van der Waals surface area (Å²) in [5, 5.41) is 2.75. The molecule has 0 aliphatic heterocycles. The van der Waals surface area contributed by atoms with E-state index in [4.69, 9.17) is 55.9 Å². The van der Waals surface area contributed by atoms with Gasteiger partial charge in [0.25, 0.3) is 9.70 Å². The van der Waals surface area contributed by atoms with Crippen molar-refractivity contribution in [3.05, 3.63) is 23.2 Å². The van der Waals surface area contributed by atoms with Gasteiger partial charge in [-0.2, -0.15) is 0 Å². The van der Waals surface area contributed by atoms with Crippen molar-refractivity contribution in [2.45, 2.75) is 3.79 Å². The lowest BCUT2D eigenvalue weighted by atomic mass is 10.3. The van der Waals surface area contributed by atoms with Gasteiger partial charge < -0.3 is 14.8 Å². The van der Waals surface area contributed by atoms with Gasteiger partial charge in [0.05, 0.1) is 11.6 Å². The molecule has 1 rings (SSSR count). The number of hydrogen-bond acceptors (Lipinski definition) is 3. The second-order valence-electron chi connectivity index (χ2n) is 3.44. The van der Waals surface area contributed by atoms with Crippen molar-refractivity contribution in [2.24, 2.45) is 0 Å². The van der Waals surface area contributed by atoms with Gasteiger partial charge in [0.15, 0.2) is 0 Å². The Bertz CT molecular complexity index is 448. The highest BCUT2D eigenvalue weighted by Crippen LogP contribution is 2.30. The van der Waals surface area contributed by atoms with E-state index in [1.54, 1.807) is 19.2 Å². The number of benzene rings is 1. The average molecular weight is 347 g/mol. The Labute approximate surface area is 130 Å². The highest BCUT2D eigenvalue weighted by atomic mass is 35.6. The maximum Gasteiger partial charge on any atom is 0.276 e. The molecule has 106 valence electrons. The molecule has 1 aromatic rings. The highest BCUT2D eigenvalue weighted by molar-refractivity contribution is 6.76. The Morgan fingerprint density at radius 1 is 1.32 bits per heavy atom. The van der Waals surface area contributed by atoms with E-state index >= 15 is 0 Å². The van der Waals surface area contributed by atoms with Crippen molar-refractivity contribution in [3.8, 4) is 5.75 Å². The fourth-order valence-corrected chi connectivity index (χ4v) is 1.51. The SMILES string of the molecule is COCCOc1ccc(NC(=O)C(Cl)(Cl)Cl)cc1Cl. The summed E-state index contributed by atoms with van der Waals surface area (Å²) in [6.45, 7) is 0.818. The van der Waals surface area contributed by atoms with E-state index in [2.05, 4.69) is 5.32 Å². The number of rotatable bonds is 5. The van der Waals surface area contributed by atoms with E-state index < -0.39 is 9.70 Å². The first-order chi connectivity index (χ1) is 8.84. The minimum atomic E-state index is -2.03. The Hall–Kier alpha value is -0.390. The van der Waals surface area contributed by atoms with Crippen LogP contribution in [0.15, 0.2) is 18.2 Å². The van der Waals surface area contributed by atoms with Crippen LogP contribution < -0.4 is 10.1 Å². The summed E-state index contributed by atoms with van der Waals surface area (Å²) in [4.78, 5) is 11.4. The van der Waals surface area contributed by atoms with Gasteiger partial charge in [0.2, 0.25) is 0 Å². The number of hydrogen-bond donors (Lipinski definition) is 1. The molecule has 0 aliphatic rings. The molecule has 1 amide bonds. The first-order valence-corrected chi connectivity index (χ1v) is 6.65. The Morgan fingerprint density at radius 3 is 2.53 bits per heavy atom. The zero-order valence-corrected chi connectivity index (χ0v) is 12.9. The first-order valence-electron chi connectivity index (χ1n) is 5.14. The van der Waals surface area contributed by atoms with Gasteiger partial charge in [-0.25, -0.2) is 0 Å². The van der Waals surface area contributed by atoms with Gasteiger partial charge in [-0.3, -0.25) is 4.79 Å². The maximum atomic E-state index is 11.4. The first kappa shape index (κ1) is 16.7. The van der Waals surface area contributed by atoms with Crippen LogP contribution in [0.25, 0.3) is 0 Å². The number of carbonyl (C=O) groups excluding carboxylic acids is 1. The Morgan fingerprint density at radius 2 is 2.00 bits per heavy atom. The van der Waals surface area contributed by atoms with Crippen molar-refractivity contribution >= 4 is 58.0 Å². The summed E-state index contributed by atoms with van der Waals surface area (Å²) in [5.74, 6) is -0.285. The zero-order chi connectivity index (χ0) is 14.5. The van der Waals surface area contributed by atoms with Crippen LogP contribution in [-0.2, 0) is 9.53 Å². The van der Waals surface area contributed by atoms with Gasteiger partial charge in [0.1, 0.15) is 12.4 Å². The molecule has 0 aromatic heterocycles. The number of anilines is 1. The molecular weight excluding hydrogens is 336 g/mol. The molecule has 0 bridgehead atoms. The number of ether oxygens (including phenoxy) is 2. The quantitative estimate of drug-likeness (QED) is 0.653. The van der Waals surface area contributed by atoms with Crippen LogP contribution >= 0.6 is 46.4 Å². The van der Waals surface area contributed by atoms with Gasteiger partial charge in [0, 0.05) is 12.8 Å². The Kier molecular flexibility index (Phi) is 6.50. The lowest BCUT2D eigenvalue weighted by molar-refractivity contribution is -0.115. The second-order valence-corrected chi connectivity index (χ2v) is 6.13. The van der Waals surface area contributed by atoms with Crippen molar-refractivity contribution in [2.75, 3.05) is 25.6 Å². The van der Waals surface area contributed by atoms with E-state index in [0.717, 1.165) is 0 Å². The van der Waals surface area contributed by atoms with Crippen LogP contribution in [0, 0.1) is 0 Å². The summed E-state index contributed by atoms with van der Waals surface area (Å²) in [7, 11) is 1.57. The summed E-state index contributed by atoms with van der Waals surface area (Å²) < 4.78 is 8.18. The molecule has 0 radical (unpaired) electrons. The summed E-state index contributed by atoms with van der Waals surface area (Å²) >= 11 is 22.3. The lowest BCUT2D eigenvalue weighted by Gasteiger charge is -2.13. The van der Waals surface area contributed by atoms with Gasteiger partial charge >= 0.3 is 0 Å². The van der Waals surface area contributed by atoms with E-state index in [0.29, 0.717) is 29.7 Å². The molecule has 8 heteroatoms. The van der Waals surface area contributed by atoms with E-state index in [-0.39, 0.29) is 0 Å². The molecule has 0 saturated carbocycles. The van der Waals surface area contributed by atoms with Crippen LogP contribution in [0.4, 0.5) is 5.69 Å². The molecule has 0 aliphatic carbocycles. The minimum absolute atomic E-state index is 0.332. The zero-order valence-electron chi connectivity index (χ0n) is 9.88. The molecule has 19 heavy (non-hydrogen) atoms. The number of methoxy groups -OCH3 is 1. The predicted octanol–water partition coefficient (Wildman–Crippen LogP) is 3.67. The normalized spacial score (nSPS) is 11.2. The number of halogens is 4. The third kappa shape index (κ3) is 5.63. The molecule has 4 nitrogen and oxygen atoms in total. The van der Waals surface area contributed by atoms with Crippen LogP contribution in [0.5, 0.6) is 5.75 Å². The van der Waals surface area contributed by atoms with Crippen LogP contribution in [0.2, 0.25) is 5.02 Å². The van der Waals surface area contributed by atoms with Crippen LogP contribution in [-0.4, -0.2) is 30.0 Å². The predicted molar refractivity (Wildman–Crippen MR) is 77.7 cm³/mol. The number of alkyl halides is 3. The highest BCUT2D eigenvalue weighted by Gasteiger charge is 2.30. The van der Waals surface area contributed by atoms with Crippen LogP contribution in [0.3, 0.4) is 0 Å². The lowest BCUT2D eigenvalue weighted by Crippen LogP contribution is -2.26. The fourth-order valence-electron chi connectivity index (χ4n) is 1.13. The molecule has 1 aromatic carbocycles. The fraction of sp³-hybridized carbons (Fsp3) is 0.364. The number of carbonyl (C=O) groups is 1. The third-order valence-corrected chi connectivity index (χ3v) is 2.80. The molecule has 0 unspecified atom stereocenters. The number of nitrogens with one attached hydrogen (secondary N) is 1. The minimum Gasteiger partial charge on any atom is -0.490 e. The number of amides is 1. The summed E-state index contributed by atoms with van der Waals surface area (Å²) in [5.41, 5.74) is 0.403. The summed E-state index contributed by atoms with van der Waals surface area (Å²) in [6.07, 6.45) is 0. The van der Waals surface area contributed by atoms with Gasteiger partial charge in [-0.1, -0.05) is 46.4 Å². The van der Waals surface area contributed by atoms with Gasteiger partial charge in [-0.05, 0) is 18.2 Å². The van der Waals surface area contributed by atoms with Crippen LogP contribution in [0.1, 0.15) is 0 Å². The van der Waals surface area contributed by atoms with E-state index in [9.17, 15) is 4.79 Å². The Balaban J connectivity index is 2.69. The average Bonchev–Trinajstić information content (AvgIpc) is 2.31. The third-order valence-electron chi connectivity index (χ3n) is 1.99. The maximum absolute atomic E-state index is 11.4. The van der Waals surface area contributed by atoms with Crippen molar-refractivity contribution < 1.29 is 14.3 Å². The standard InChI is InChI=1S/C11H11Cl4NO3/c1-18-4-5-19-9-3-2-7(6-8(9)12)16-10(17)11(13,14)15/h2-3,6H,4-5H2,1H3,(H,16,17).